The molecule has 1 aromatic heterocycles. The zero-order valence-corrected chi connectivity index (χ0v) is 19.5. The Morgan fingerprint density at radius 3 is 2.63 bits per heavy atom. The van der Waals surface area contributed by atoms with E-state index in [0.717, 1.165) is 35.2 Å². The van der Waals surface area contributed by atoms with Crippen LogP contribution in [0.2, 0.25) is 0 Å². The molecule has 0 saturated carbocycles. The highest BCUT2D eigenvalue weighted by molar-refractivity contribution is 7.98. The van der Waals surface area contributed by atoms with Gasteiger partial charge in [0.25, 0.3) is 5.91 Å². The van der Waals surface area contributed by atoms with Crippen molar-refractivity contribution in [2.24, 2.45) is 4.99 Å². The SMILES string of the molecule is CSCCn1c(=NC(=O)c2ccc3c(c2)CCCC3)sc2cc(S(C)(=O)=O)ccc21. The van der Waals surface area contributed by atoms with Crippen LogP contribution in [0.3, 0.4) is 0 Å². The number of amides is 1. The monoisotopic (exact) mass is 460 g/mol. The lowest BCUT2D eigenvalue weighted by Gasteiger charge is -2.15. The van der Waals surface area contributed by atoms with Gasteiger partial charge in [-0.2, -0.15) is 16.8 Å². The smallest absolute Gasteiger partial charge is 0.279 e. The highest BCUT2D eigenvalue weighted by atomic mass is 32.2. The van der Waals surface area contributed by atoms with Gasteiger partial charge < -0.3 is 4.57 Å². The molecule has 0 unspecified atom stereocenters. The van der Waals surface area contributed by atoms with Crippen LogP contribution in [0.25, 0.3) is 10.2 Å². The number of carbonyl (C=O) groups is 1. The summed E-state index contributed by atoms with van der Waals surface area (Å²) in [6.07, 6.45) is 7.70. The summed E-state index contributed by atoms with van der Waals surface area (Å²) in [5.41, 5.74) is 4.11. The van der Waals surface area contributed by atoms with Crippen molar-refractivity contribution in [1.29, 1.82) is 0 Å². The Labute approximate surface area is 184 Å². The second-order valence-electron chi connectivity index (χ2n) is 7.54. The molecule has 8 heteroatoms. The number of thioether (sulfide) groups is 1. The van der Waals surface area contributed by atoms with E-state index in [0.29, 0.717) is 16.9 Å². The van der Waals surface area contributed by atoms with E-state index >= 15 is 0 Å². The van der Waals surface area contributed by atoms with Crippen LogP contribution in [0.1, 0.15) is 34.3 Å². The molecular weight excluding hydrogens is 436 g/mol. The second-order valence-corrected chi connectivity index (χ2v) is 11.5. The first-order valence-corrected chi connectivity index (χ1v) is 14.0. The van der Waals surface area contributed by atoms with E-state index in [1.165, 1.54) is 35.1 Å². The zero-order chi connectivity index (χ0) is 21.3. The van der Waals surface area contributed by atoms with Crippen molar-refractivity contribution < 1.29 is 13.2 Å². The summed E-state index contributed by atoms with van der Waals surface area (Å²) < 4.78 is 26.7. The summed E-state index contributed by atoms with van der Waals surface area (Å²) in [6, 6.07) is 11.0. The van der Waals surface area contributed by atoms with E-state index in [1.807, 2.05) is 29.0 Å². The molecule has 3 aromatic rings. The fourth-order valence-electron chi connectivity index (χ4n) is 3.79. The molecule has 0 bridgehead atoms. The van der Waals surface area contributed by atoms with Crippen molar-refractivity contribution in [3.8, 4) is 0 Å². The van der Waals surface area contributed by atoms with Gasteiger partial charge in [-0.1, -0.05) is 17.4 Å². The number of benzene rings is 2. The standard InChI is InChI=1S/C22H24N2O3S3/c1-28-12-11-24-19-10-9-18(30(2,26)27)14-20(19)29-22(24)23-21(25)17-8-7-15-5-3-4-6-16(15)13-17/h7-10,13-14H,3-6,11-12H2,1-2H3. The van der Waals surface area contributed by atoms with Crippen LogP contribution < -0.4 is 4.80 Å². The maximum Gasteiger partial charge on any atom is 0.279 e. The Balaban J connectivity index is 1.79. The molecule has 158 valence electrons. The summed E-state index contributed by atoms with van der Waals surface area (Å²) in [4.78, 5) is 18.3. The molecular formula is C22H24N2O3S3. The third kappa shape index (κ3) is 4.40. The maximum absolute atomic E-state index is 13.0. The van der Waals surface area contributed by atoms with E-state index in [4.69, 9.17) is 0 Å². The number of aromatic nitrogens is 1. The fraction of sp³-hybridized carbons (Fsp3) is 0.364. The average molecular weight is 461 g/mol. The molecule has 0 atom stereocenters. The predicted octanol–water partition coefficient (Wildman–Crippen LogP) is 4.09. The maximum atomic E-state index is 13.0. The molecule has 0 aliphatic heterocycles. The predicted molar refractivity (Wildman–Crippen MR) is 124 cm³/mol. The average Bonchev–Trinajstić information content (AvgIpc) is 3.07. The van der Waals surface area contributed by atoms with Gasteiger partial charge in [-0.05, 0) is 73.4 Å². The largest absolute Gasteiger partial charge is 0.316 e. The van der Waals surface area contributed by atoms with E-state index in [1.54, 1.807) is 23.9 Å². The van der Waals surface area contributed by atoms with E-state index in [-0.39, 0.29) is 10.8 Å². The van der Waals surface area contributed by atoms with E-state index < -0.39 is 9.84 Å². The minimum Gasteiger partial charge on any atom is -0.316 e. The third-order valence-electron chi connectivity index (χ3n) is 5.39. The minimum atomic E-state index is -3.29. The molecule has 0 saturated heterocycles. The Kier molecular flexibility index (Phi) is 6.18. The lowest BCUT2D eigenvalue weighted by Crippen LogP contribution is -2.18. The highest BCUT2D eigenvalue weighted by Gasteiger charge is 2.15. The van der Waals surface area contributed by atoms with Gasteiger partial charge in [0, 0.05) is 24.1 Å². The number of rotatable bonds is 5. The summed E-state index contributed by atoms with van der Waals surface area (Å²) in [7, 11) is -3.29. The minimum absolute atomic E-state index is 0.254. The van der Waals surface area contributed by atoms with Gasteiger partial charge in [0.05, 0.1) is 15.1 Å². The first-order chi connectivity index (χ1) is 14.4. The van der Waals surface area contributed by atoms with Gasteiger partial charge in [-0.25, -0.2) is 8.42 Å². The molecule has 0 spiro atoms. The van der Waals surface area contributed by atoms with Crippen LogP contribution in [-0.2, 0) is 29.2 Å². The Morgan fingerprint density at radius 1 is 1.13 bits per heavy atom. The van der Waals surface area contributed by atoms with Crippen molar-refractivity contribution in [3.05, 3.63) is 57.9 Å². The number of nitrogens with zero attached hydrogens (tertiary/aromatic N) is 2. The second kappa shape index (κ2) is 8.69. The van der Waals surface area contributed by atoms with Gasteiger partial charge >= 0.3 is 0 Å². The van der Waals surface area contributed by atoms with Gasteiger partial charge in [0.2, 0.25) is 0 Å². The van der Waals surface area contributed by atoms with Crippen LogP contribution in [0.5, 0.6) is 0 Å². The first-order valence-electron chi connectivity index (χ1n) is 9.90. The molecule has 30 heavy (non-hydrogen) atoms. The van der Waals surface area contributed by atoms with Crippen LogP contribution in [0, 0.1) is 0 Å². The third-order valence-corrected chi connectivity index (χ3v) is 8.14. The lowest BCUT2D eigenvalue weighted by atomic mass is 9.90. The normalized spacial score (nSPS) is 14.8. The summed E-state index contributed by atoms with van der Waals surface area (Å²) in [5.74, 6) is 0.621. The van der Waals surface area contributed by atoms with Gasteiger partial charge in [0.1, 0.15) is 0 Å². The first kappa shape index (κ1) is 21.3. The summed E-state index contributed by atoms with van der Waals surface area (Å²) >= 11 is 3.07. The highest BCUT2D eigenvalue weighted by Crippen LogP contribution is 2.24. The van der Waals surface area contributed by atoms with Crippen molar-refractivity contribution in [2.75, 3.05) is 18.3 Å². The topological polar surface area (TPSA) is 68.5 Å². The number of hydrogen-bond donors (Lipinski definition) is 0. The molecule has 1 aliphatic carbocycles. The molecule has 2 aromatic carbocycles. The van der Waals surface area contributed by atoms with Gasteiger partial charge in [0.15, 0.2) is 14.6 Å². The van der Waals surface area contributed by atoms with Crippen molar-refractivity contribution >= 4 is 49.1 Å². The number of carbonyl (C=O) groups excluding carboxylic acids is 1. The zero-order valence-electron chi connectivity index (χ0n) is 17.1. The molecule has 0 fully saturated rings. The van der Waals surface area contributed by atoms with E-state index in [9.17, 15) is 13.2 Å². The molecule has 0 radical (unpaired) electrons. The van der Waals surface area contributed by atoms with Crippen molar-refractivity contribution in [2.45, 2.75) is 37.1 Å². The van der Waals surface area contributed by atoms with Crippen molar-refractivity contribution in [1.82, 2.24) is 4.57 Å². The molecule has 1 amide bonds. The molecule has 0 N–H and O–H groups in total. The summed E-state index contributed by atoms with van der Waals surface area (Å²) in [6.45, 7) is 0.704. The number of aryl methyl sites for hydroxylation is 3. The van der Waals surface area contributed by atoms with Crippen LogP contribution in [0.4, 0.5) is 0 Å². The number of thiazole rings is 1. The van der Waals surface area contributed by atoms with Gasteiger partial charge in [-0.15, -0.1) is 0 Å². The Bertz CT molecular complexity index is 1290. The quantitative estimate of drug-likeness (QED) is 0.575. The van der Waals surface area contributed by atoms with Crippen LogP contribution >= 0.6 is 23.1 Å². The number of hydrogen-bond acceptors (Lipinski definition) is 5. The van der Waals surface area contributed by atoms with E-state index in [2.05, 4.69) is 11.1 Å². The molecule has 4 rings (SSSR count). The molecule has 5 nitrogen and oxygen atoms in total. The van der Waals surface area contributed by atoms with Crippen molar-refractivity contribution in [3.63, 3.8) is 0 Å². The van der Waals surface area contributed by atoms with Gasteiger partial charge in [-0.3, -0.25) is 4.79 Å². The molecule has 1 heterocycles. The number of fused-ring (bicyclic) bond motifs is 2. The molecule has 1 aliphatic rings. The lowest BCUT2D eigenvalue weighted by molar-refractivity contribution is 0.0997. The summed E-state index contributed by atoms with van der Waals surface area (Å²) in [5, 5.41) is 0. The van der Waals surface area contributed by atoms with Crippen LogP contribution in [0.15, 0.2) is 46.3 Å². The fourth-order valence-corrected chi connectivity index (χ4v) is 5.97. The Morgan fingerprint density at radius 2 is 1.90 bits per heavy atom. The van der Waals surface area contributed by atoms with Crippen LogP contribution in [-0.4, -0.2) is 37.2 Å². The Hall–Kier alpha value is -1.90. The number of sulfone groups is 1.